The highest BCUT2D eigenvalue weighted by molar-refractivity contribution is 6.70. The lowest BCUT2D eigenvalue weighted by Gasteiger charge is -2.63. The average molecular weight is 523 g/mol. The van der Waals surface area contributed by atoms with Crippen LogP contribution in [0.1, 0.15) is 58.8 Å². The van der Waals surface area contributed by atoms with Gasteiger partial charge < -0.3 is 13.3 Å². The first-order valence-electron chi connectivity index (χ1n) is 14.2. The summed E-state index contributed by atoms with van der Waals surface area (Å²) in [6.45, 7) is 26.4. The largest absolute Gasteiger partial charge is 0.547 e. The molecule has 0 aromatic heterocycles. The van der Waals surface area contributed by atoms with E-state index in [1.54, 1.807) is 0 Å². The van der Waals surface area contributed by atoms with Gasteiger partial charge in [-0.2, -0.15) is 0 Å². The highest BCUT2D eigenvalue weighted by atomic mass is 28.4. The zero-order valence-electron chi connectivity index (χ0n) is 24.2. The maximum Gasteiger partial charge on any atom is 0.241 e. The van der Waals surface area contributed by atoms with E-state index < -0.39 is 25.0 Å². The van der Waals surface area contributed by atoms with Gasteiger partial charge in [-0.05, 0) is 139 Å². The van der Waals surface area contributed by atoms with Crippen molar-refractivity contribution in [2.75, 3.05) is 0 Å². The maximum atomic E-state index is 7.16. The first-order chi connectivity index (χ1) is 15.4. The van der Waals surface area contributed by atoms with Crippen LogP contribution in [-0.4, -0.2) is 37.2 Å². The molecule has 4 rings (SSSR count). The molecule has 3 saturated carbocycles. The second-order valence-electron chi connectivity index (χ2n) is 15.6. The van der Waals surface area contributed by atoms with Crippen LogP contribution in [0.2, 0.25) is 58.9 Å². The Bertz CT molecular complexity index is 792. The zero-order chi connectivity index (χ0) is 25.3. The molecule has 8 atom stereocenters. The molecule has 4 aliphatic carbocycles. The van der Waals surface area contributed by atoms with Gasteiger partial charge in [0.1, 0.15) is 0 Å². The Hall–Kier alpha value is 0.111. The van der Waals surface area contributed by atoms with E-state index in [2.05, 4.69) is 78.8 Å². The van der Waals surface area contributed by atoms with Crippen LogP contribution in [0.25, 0.3) is 0 Å². The topological polar surface area (TPSA) is 27.7 Å². The maximum absolute atomic E-state index is 7.16. The molecule has 0 amide bonds. The van der Waals surface area contributed by atoms with E-state index in [1.165, 1.54) is 44.3 Å². The fourth-order valence-corrected chi connectivity index (χ4v) is 11.8. The third-order valence-electron chi connectivity index (χ3n) is 9.48. The van der Waals surface area contributed by atoms with Gasteiger partial charge in [0.25, 0.3) is 0 Å². The smallest absolute Gasteiger partial charge is 0.241 e. The third-order valence-corrected chi connectivity index (χ3v) is 12.4. The van der Waals surface area contributed by atoms with Gasteiger partial charge in [-0.3, -0.25) is 0 Å². The highest BCUT2D eigenvalue weighted by Gasteiger charge is 2.63. The summed E-state index contributed by atoms with van der Waals surface area (Å²) in [7, 11) is -4.81. The predicted octanol–water partition coefficient (Wildman–Crippen LogP) is 8.42. The van der Waals surface area contributed by atoms with E-state index in [-0.39, 0.29) is 5.41 Å². The van der Waals surface area contributed by atoms with E-state index >= 15 is 0 Å². The van der Waals surface area contributed by atoms with Crippen molar-refractivity contribution in [3.05, 3.63) is 11.8 Å². The molecule has 0 saturated heterocycles. The van der Waals surface area contributed by atoms with Crippen molar-refractivity contribution in [3.63, 3.8) is 0 Å². The predicted molar refractivity (Wildman–Crippen MR) is 151 cm³/mol. The summed E-state index contributed by atoms with van der Waals surface area (Å²) >= 11 is 0. The summed E-state index contributed by atoms with van der Waals surface area (Å²) in [4.78, 5) is 0. The molecule has 0 spiro atoms. The molecule has 0 bridgehead atoms. The summed E-state index contributed by atoms with van der Waals surface area (Å²) in [6, 6.07) is 0. The molecule has 0 aliphatic heterocycles. The van der Waals surface area contributed by atoms with E-state index in [4.69, 9.17) is 13.3 Å². The van der Waals surface area contributed by atoms with Crippen molar-refractivity contribution < 1.29 is 13.3 Å². The van der Waals surface area contributed by atoms with E-state index in [9.17, 15) is 0 Å². The minimum atomic E-state index is -1.67. The summed E-state index contributed by atoms with van der Waals surface area (Å²) in [5, 5.41) is 0. The van der Waals surface area contributed by atoms with Gasteiger partial charge in [0.15, 0.2) is 16.6 Å². The highest BCUT2D eigenvalue weighted by Crippen LogP contribution is 2.67. The lowest BCUT2D eigenvalue weighted by Crippen LogP contribution is -2.61. The Morgan fingerprint density at radius 3 is 2.06 bits per heavy atom. The Morgan fingerprint density at radius 1 is 0.824 bits per heavy atom. The van der Waals surface area contributed by atoms with Crippen molar-refractivity contribution in [1.82, 2.24) is 0 Å². The molecule has 0 N–H and O–H groups in total. The summed E-state index contributed by atoms with van der Waals surface area (Å²) in [5.74, 6) is 4.27. The van der Waals surface area contributed by atoms with Gasteiger partial charge in [-0.1, -0.05) is 13.8 Å². The Morgan fingerprint density at radius 2 is 1.47 bits per heavy atom. The number of allylic oxidation sites excluding steroid dienone is 2. The molecular weight excluding hydrogens is 469 g/mol. The normalized spacial score (nSPS) is 43.0. The van der Waals surface area contributed by atoms with Crippen molar-refractivity contribution in [1.29, 1.82) is 0 Å². The summed E-state index contributed by atoms with van der Waals surface area (Å²) < 4.78 is 20.6. The third kappa shape index (κ3) is 5.37. The fraction of sp³-hybridized carbons (Fsp3) is 0.929. The molecule has 3 unspecified atom stereocenters. The summed E-state index contributed by atoms with van der Waals surface area (Å²) in [5.41, 5.74) is 0.531. The van der Waals surface area contributed by atoms with Crippen LogP contribution in [-0.2, 0) is 13.3 Å². The number of fused-ring (bicyclic) bond motifs is 5. The van der Waals surface area contributed by atoms with Crippen molar-refractivity contribution in [2.45, 2.75) is 130 Å². The van der Waals surface area contributed by atoms with Crippen LogP contribution in [0.15, 0.2) is 11.8 Å². The van der Waals surface area contributed by atoms with Crippen LogP contribution >= 0.6 is 0 Å². The standard InChI is InChI=1S/C28H54O3Si3/c1-27-17-16-21(29-32(3,4)5)18-20(27)12-13-22-23-14-15-25(31-34(9,10)11)28(23,2)19-24(26(22)27)30-33(6,7)8/h15,20-24,26H,12-14,16-19H2,1-11H3/t20-,21+,22?,23?,24-,26?,27-,28-/m0/s1. The zero-order valence-corrected chi connectivity index (χ0v) is 27.2. The lowest BCUT2D eigenvalue weighted by atomic mass is 9.44. The van der Waals surface area contributed by atoms with Gasteiger partial charge in [0, 0.05) is 17.6 Å². The van der Waals surface area contributed by atoms with Crippen LogP contribution in [0, 0.1) is 34.5 Å². The molecule has 3 nitrogen and oxygen atoms in total. The monoisotopic (exact) mass is 522 g/mol. The molecule has 196 valence electrons. The van der Waals surface area contributed by atoms with Crippen LogP contribution in [0.5, 0.6) is 0 Å². The van der Waals surface area contributed by atoms with Gasteiger partial charge in [-0.15, -0.1) is 0 Å². The minimum absolute atomic E-state index is 0.146. The molecule has 4 aliphatic rings. The van der Waals surface area contributed by atoms with Crippen molar-refractivity contribution >= 4 is 25.0 Å². The Kier molecular flexibility index (Phi) is 7.07. The molecule has 0 aromatic rings. The average Bonchev–Trinajstić information content (AvgIpc) is 2.93. The Labute approximate surface area is 214 Å². The van der Waals surface area contributed by atoms with Crippen molar-refractivity contribution in [3.8, 4) is 0 Å². The van der Waals surface area contributed by atoms with Crippen molar-refractivity contribution in [2.24, 2.45) is 34.5 Å². The Balaban J connectivity index is 1.64. The first kappa shape index (κ1) is 27.2. The van der Waals surface area contributed by atoms with E-state index in [0.717, 1.165) is 24.2 Å². The molecule has 0 heterocycles. The number of hydrogen-bond acceptors (Lipinski definition) is 3. The van der Waals surface area contributed by atoms with E-state index in [0.29, 0.717) is 23.5 Å². The van der Waals surface area contributed by atoms with Crippen LogP contribution < -0.4 is 0 Å². The van der Waals surface area contributed by atoms with Gasteiger partial charge in [0.2, 0.25) is 8.32 Å². The molecule has 3 fully saturated rings. The SMILES string of the molecule is C[C@]12C[C@H](O[Si](C)(C)C)C3C(CC[C@H]4C[C@H](O[Si](C)(C)C)CC[C@]34C)C1CC=C2O[Si](C)(C)C. The van der Waals surface area contributed by atoms with Gasteiger partial charge in [-0.25, -0.2) is 0 Å². The van der Waals surface area contributed by atoms with Gasteiger partial charge >= 0.3 is 0 Å². The summed E-state index contributed by atoms with van der Waals surface area (Å²) in [6.07, 6.45) is 12.3. The second-order valence-corrected chi connectivity index (χ2v) is 29.0. The molecule has 6 heteroatoms. The lowest BCUT2D eigenvalue weighted by molar-refractivity contribution is -0.165. The second kappa shape index (κ2) is 8.85. The fourth-order valence-electron chi connectivity index (χ4n) is 8.50. The van der Waals surface area contributed by atoms with Crippen LogP contribution in [0.4, 0.5) is 0 Å². The van der Waals surface area contributed by atoms with Gasteiger partial charge in [0.05, 0.1) is 5.76 Å². The minimum Gasteiger partial charge on any atom is -0.547 e. The van der Waals surface area contributed by atoms with Crippen LogP contribution in [0.3, 0.4) is 0 Å². The first-order valence-corrected chi connectivity index (χ1v) is 24.4. The quantitative estimate of drug-likeness (QED) is 0.328. The molecule has 0 aromatic carbocycles. The molecular formula is C28H54O3Si3. The molecule has 0 radical (unpaired) electrons. The molecule has 34 heavy (non-hydrogen) atoms. The van der Waals surface area contributed by atoms with E-state index in [1.807, 2.05) is 0 Å². The number of rotatable bonds is 6. The number of hydrogen-bond donors (Lipinski definition) is 0.